The average molecular weight is 233 g/mol. The Balaban J connectivity index is 2.57. The van der Waals surface area contributed by atoms with Crippen LogP contribution in [-0.2, 0) is 19.4 Å². The number of fused-ring (bicyclic) bond motifs is 1. The van der Waals surface area contributed by atoms with Crippen molar-refractivity contribution in [3.8, 4) is 0 Å². The van der Waals surface area contributed by atoms with Crippen molar-refractivity contribution in [1.29, 1.82) is 0 Å². The highest BCUT2D eigenvalue weighted by atomic mass is 32.2. The van der Waals surface area contributed by atoms with E-state index in [4.69, 9.17) is 5.11 Å². The van der Waals surface area contributed by atoms with Gasteiger partial charge in [0.1, 0.15) is 11.4 Å². The lowest BCUT2D eigenvalue weighted by atomic mass is 9.98. The van der Waals surface area contributed by atoms with E-state index in [0.717, 1.165) is 4.90 Å². The summed E-state index contributed by atoms with van der Waals surface area (Å²) >= 11 is 0. The second-order valence-corrected chi connectivity index (χ2v) is 7.04. The standard InChI is InChI=1S/C8H11NO5S/c1-8(2)6(7(11)12)9-4(10)3-5(9)15(8,13)14/h5-6H,3H2,1-2H3,(H,11,12)/t5-,6+/m0/s1. The molecule has 0 aliphatic carbocycles. The van der Waals surface area contributed by atoms with Gasteiger partial charge in [0.15, 0.2) is 9.84 Å². The van der Waals surface area contributed by atoms with E-state index < -0.39 is 37.9 Å². The number of amides is 1. The normalized spacial score (nSPS) is 35.9. The Bertz CT molecular complexity index is 452. The van der Waals surface area contributed by atoms with E-state index in [9.17, 15) is 18.0 Å². The minimum absolute atomic E-state index is 0.0878. The summed E-state index contributed by atoms with van der Waals surface area (Å²) in [4.78, 5) is 23.2. The molecule has 1 N–H and O–H groups in total. The number of sulfone groups is 1. The third-order valence-electron chi connectivity index (χ3n) is 3.21. The molecule has 15 heavy (non-hydrogen) atoms. The maximum Gasteiger partial charge on any atom is 0.328 e. The maximum atomic E-state index is 11.9. The first-order chi connectivity index (χ1) is 6.71. The first-order valence-electron chi connectivity index (χ1n) is 4.48. The number of carboxylic acid groups (broad SMARTS) is 1. The molecule has 0 aromatic heterocycles. The number of hydrogen-bond donors (Lipinski definition) is 1. The fourth-order valence-electron chi connectivity index (χ4n) is 2.23. The number of nitrogens with zero attached hydrogens (tertiary/aromatic N) is 1. The van der Waals surface area contributed by atoms with Crippen LogP contribution in [0.5, 0.6) is 0 Å². The fourth-order valence-corrected chi connectivity index (χ4v) is 4.36. The van der Waals surface area contributed by atoms with E-state index in [-0.39, 0.29) is 6.42 Å². The summed E-state index contributed by atoms with van der Waals surface area (Å²) in [5, 5.41) is 8.03. The van der Waals surface area contributed by atoms with E-state index in [1.165, 1.54) is 13.8 Å². The van der Waals surface area contributed by atoms with Crippen LogP contribution in [0, 0.1) is 0 Å². The van der Waals surface area contributed by atoms with Crippen LogP contribution in [0.15, 0.2) is 0 Å². The number of carbonyl (C=O) groups excluding carboxylic acids is 1. The zero-order valence-corrected chi connectivity index (χ0v) is 9.11. The van der Waals surface area contributed by atoms with Gasteiger partial charge < -0.3 is 10.0 Å². The second-order valence-electron chi connectivity index (χ2n) is 4.35. The molecule has 0 spiro atoms. The molecule has 2 aliphatic heterocycles. The van der Waals surface area contributed by atoms with Gasteiger partial charge in [-0.25, -0.2) is 13.2 Å². The van der Waals surface area contributed by atoms with Crippen LogP contribution in [0.25, 0.3) is 0 Å². The van der Waals surface area contributed by atoms with Gasteiger partial charge in [-0.2, -0.15) is 0 Å². The van der Waals surface area contributed by atoms with Crippen molar-refractivity contribution in [3.63, 3.8) is 0 Å². The second kappa shape index (κ2) is 2.52. The minimum atomic E-state index is -3.57. The molecule has 0 aromatic rings. The summed E-state index contributed by atoms with van der Waals surface area (Å²) in [5.41, 5.74) is 0. The lowest BCUT2D eigenvalue weighted by Gasteiger charge is -2.35. The van der Waals surface area contributed by atoms with E-state index in [1.807, 2.05) is 0 Å². The molecular formula is C8H11NO5S. The van der Waals surface area contributed by atoms with Crippen molar-refractivity contribution in [2.45, 2.75) is 36.4 Å². The molecule has 0 saturated carbocycles. The average Bonchev–Trinajstić information content (AvgIpc) is 2.19. The first kappa shape index (κ1) is 10.4. The number of carboxylic acids is 1. The molecule has 2 fully saturated rings. The van der Waals surface area contributed by atoms with Gasteiger partial charge >= 0.3 is 5.97 Å². The molecule has 0 aromatic carbocycles. The Morgan fingerprint density at radius 1 is 1.53 bits per heavy atom. The highest BCUT2D eigenvalue weighted by Crippen LogP contribution is 2.45. The fraction of sp³-hybridized carbons (Fsp3) is 0.750. The number of hydrogen-bond acceptors (Lipinski definition) is 4. The van der Waals surface area contributed by atoms with Gasteiger partial charge in [0.2, 0.25) is 5.91 Å². The highest BCUT2D eigenvalue weighted by molar-refractivity contribution is 7.93. The summed E-state index contributed by atoms with van der Waals surface area (Å²) in [5.74, 6) is -1.67. The predicted molar refractivity (Wildman–Crippen MR) is 49.7 cm³/mol. The van der Waals surface area contributed by atoms with Crippen molar-refractivity contribution >= 4 is 21.7 Å². The van der Waals surface area contributed by atoms with Crippen LogP contribution < -0.4 is 0 Å². The molecule has 2 aliphatic rings. The molecule has 0 unspecified atom stereocenters. The van der Waals surface area contributed by atoms with Gasteiger partial charge in [-0.15, -0.1) is 0 Å². The van der Waals surface area contributed by atoms with Crippen molar-refractivity contribution in [1.82, 2.24) is 4.90 Å². The predicted octanol–water partition coefficient (Wildman–Crippen LogP) is -0.795. The van der Waals surface area contributed by atoms with E-state index in [0.29, 0.717) is 0 Å². The van der Waals surface area contributed by atoms with Gasteiger partial charge in [-0.05, 0) is 13.8 Å². The minimum Gasteiger partial charge on any atom is -0.480 e. The molecule has 84 valence electrons. The Hall–Kier alpha value is -1.11. The summed E-state index contributed by atoms with van der Waals surface area (Å²) in [6.07, 6.45) is -0.0878. The lowest BCUT2D eigenvalue weighted by molar-refractivity contribution is -0.157. The molecule has 2 rings (SSSR count). The third-order valence-corrected chi connectivity index (χ3v) is 6.01. The van der Waals surface area contributed by atoms with Crippen LogP contribution in [0.2, 0.25) is 0 Å². The largest absolute Gasteiger partial charge is 0.480 e. The quantitative estimate of drug-likeness (QED) is 0.599. The zero-order chi connectivity index (χ0) is 11.6. The van der Waals surface area contributed by atoms with Gasteiger partial charge in [-0.3, -0.25) is 4.79 Å². The van der Waals surface area contributed by atoms with Crippen molar-refractivity contribution in [2.75, 3.05) is 0 Å². The van der Waals surface area contributed by atoms with E-state index in [1.54, 1.807) is 0 Å². The maximum absolute atomic E-state index is 11.9. The molecule has 2 heterocycles. The van der Waals surface area contributed by atoms with Crippen molar-refractivity contribution < 1.29 is 23.1 Å². The first-order valence-corrected chi connectivity index (χ1v) is 6.03. The van der Waals surface area contributed by atoms with Crippen LogP contribution in [-0.4, -0.2) is 46.5 Å². The van der Waals surface area contributed by atoms with E-state index >= 15 is 0 Å². The van der Waals surface area contributed by atoms with Crippen LogP contribution >= 0.6 is 0 Å². The molecule has 2 saturated heterocycles. The van der Waals surface area contributed by atoms with Gasteiger partial charge in [0.05, 0.1) is 11.2 Å². The highest BCUT2D eigenvalue weighted by Gasteiger charge is 2.67. The van der Waals surface area contributed by atoms with E-state index in [2.05, 4.69) is 0 Å². The number of β-lactam (4-membered cyclic amide) rings is 1. The third kappa shape index (κ3) is 0.961. The Labute approximate surface area is 86.8 Å². The monoisotopic (exact) mass is 233 g/mol. The Morgan fingerprint density at radius 3 is 2.40 bits per heavy atom. The van der Waals surface area contributed by atoms with Gasteiger partial charge in [0, 0.05) is 0 Å². The smallest absolute Gasteiger partial charge is 0.328 e. The Kier molecular flexibility index (Phi) is 1.75. The number of carbonyl (C=O) groups is 2. The topological polar surface area (TPSA) is 91.8 Å². The van der Waals surface area contributed by atoms with Crippen LogP contribution in [0.1, 0.15) is 20.3 Å². The molecule has 0 bridgehead atoms. The number of rotatable bonds is 1. The lowest BCUT2D eigenvalue weighted by Crippen LogP contribution is -2.57. The molecule has 0 radical (unpaired) electrons. The molecule has 6 nitrogen and oxygen atoms in total. The molecule has 1 amide bonds. The van der Waals surface area contributed by atoms with Crippen LogP contribution in [0.4, 0.5) is 0 Å². The van der Waals surface area contributed by atoms with Crippen LogP contribution in [0.3, 0.4) is 0 Å². The molecule has 2 atom stereocenters. The summed E-state index contributed by atoms with van der Waals surface area (Å²) in [6.45, 7) is 2.71. The van der Waals surface area contributed by atoms with Gasteiger partial charge in [0.25, 0.3) is 0 Å². The summed E-state index contributed by atoms with van der Waals surface area (Å²) in [7, 11) is -3.57. The van der Waals surface area contributed by atoms with Crippen molar-refractivity contribution in [2.24, 2.45) is 0 Å². The Morgan fingerprint density at radius 2 is 2.07 bits per heavy atom. The van der Waals surface area contributed by atoms with Gasteiger partial charge in [-0.1, -0.05) is 0 Å². The zero-order valence-electron chi connectivity index (χ0n) is 8.30. The SMILES string of the molecule is CC1(C)[C@@H](C(=O)O)N2C(=O)C[C@@H]2S1(=O)=O. The molecule has 7 heteroatoms. The summed E-state index contributed by atoms with van der Waals surface area (Å²) < 4.78 is 22.4. The van der Waals surface area contributed by atoms with Crippen molar-refractivity contribution in [3.05, 3.63) is 0 Å². The number of aliphatic carboxylic acids is 1. The summed E-state index contributed by atoms with van der Waals surface area (Å²) in [6, 6.07) is -1.26. The molecular weight excluding hydrogens is 222 g/mol.